The maximum absolute atomic E-state index is 11.1. The lowest BCUT2D eigenvalue weighted by Gasteiger charge is -2.01. The quantitative estimate of drug-likeness (QED) is 0.661. The van der Waals surface area contributed by atoms with E-state index in [2.05, 4.69) is 22.3 Å². The Labute approximate surface area is 74.5 Å². The Morgan fingerprint density at radius 3 is 3.00 bits per heavy atom. The molecule has 1 aromatic heterocycles. The minimum atomic E-state index is -0.410. The number of methoxy groups -OCH3 is 1. The van der Waals surface area contributed by atoms with Crippen molar-refractivity contribution in [3.05, 3.63) is 24.2 Å². The van der Waals surface area contributed by atoms with Crippen LogP contribution in [0.25, 0.3) is 0 Å². The third-order valence-electron chi connectivity index (χ3n) is 1.15. The maximum Gasteiger partial charge on any atom is 0.294 e. The molecule has 0 aromatic carbocycles. The van der Waals surface area contributed by atoms with Crippen LogP contribution in [-0.2, 0) is 4.74 Å². The first-order valence-corrected chi connectivity index (χ1v) is 3.57. The molecule has 0 radical (unpaired) electrons. The number of thiocarbonyl (C=S) groups is 1. The average Bonchev–Trinajstić information content (AvgIpc) is 2.56. The highest BCUT2D eigenvalue weighted by Crippen LogP contribution is 1.98. The van der Waals surface area contributed by atoms with Crippen LogP contribution in [0, 0.1) is 0 Å². The zero-order chi connectivity index (χ0) is 8.97. The van der Waals surface area contributed by atoms with E-state index in [1.165, 1.54) is 19.4 Å². The Hall–Kier alpha value is -1.36. The standard InChI is InChI=1S/C7H7NO3S/c1-10-7(12)8-6(9)5-3-2-4-11-5/h2-4H,1H3,(H,8,9,12). The molecule has 1 amide bonds. The molecule has 0 atom stereocenters. The average molecular weight is 185 g/mol. The second-order valence-electron chi connectivity index (χ2n) is 1.92. The molecule has 0 spiro atoms. The molecular weight excluding hydrogens is 178 g/mol. The minimum absolute atomic E-state index is 0.0244. The van der Waals surface area contributed by atoms with Gasteiger partial charge in [0.15, 0.2) is 5.76 Å². The van der Waals surface area contributed by atoms with Crippen LogP contribution in [0.1, 0.15) is 10.6 Å². The summed E-state index contributed by atoms with van der Waals surface area (Å²) in [5.41, 5.74) is 0. The summed E-state index contributed by atoms with van der Waals surface area (Å²) >= 11 is 4.61. The predicted octanol–water partition coefficient (Wildman–Crippen LogP) is 0.941. The molecule has 0 unspecified atom stereocenters. The van der Waals surface area contributed by atoms with Crippen LogP contribution in [0.3, 0.4) is 0 Å². The van der Waals surface area contributed by atoms with E-state index in [0.29, 0.717) is 0 Å². The Bertz CT molecular complexity index is 281. The van der Waals surface area contributed by atoms with Crippen LogP contribution in [-0.4, -0.2) is 18.2 Å². The molecule has 0 fully saturated rings. The summed E-state index contributed by atoms with van der Waals surface area (Å²) in [5.74, 6) is -0.207. The van der Waals surface area contributed by atoms with E-state index < -0.39 is 5.91 Å². The van der Waals surface area contributed by atoms with Gasteiger partial charge in [0.05, 0.1) is 13.4 Å². The fourth-order valence-electron chi connectivity index (χ4n) is 0.613. The molecule has 0 bridgehead atoms. The first kappa shape index (κ1) is 8.73. The van der Waals surface area contributed by atoms with Crippen molar-refractivity contribution in [2.75, 3.05) is 7.11 Å². The highest BCUT2D eigenvalue weighted by atomic mass is 32.1. The molecule has 64 valence electrons. The molecule has 4 nitrogen and oxygen atoms in total. The molecular formula is C7H7NO3S. The molecule has 0 aliphatic carbocycles. The largest absolute Gasteiger partial charge is 0.474 e. The Morgan fingerprint density at radius 1 is 1.75 bits per heavy atom. The number of carbonyl (C=O) groups is 1. The van der Waals surface area contributed by atoms with E-state index in [4.69, 9.17) is 4.42 Å². The number of amides is 1. The van der Waals surface area contributed by atoms with Crippen molar-refractivity contribution >= 4 is 23.3 Å². The molecule has 1 N–H and O–H groups in total. The summed E-state index contributed by atoms with van der Waals surface area (Å²) in [7, 11) is 1.38. The molecule has 0 saturated heterocycles. The van der Waals surface area contributed by atoms with Crippen molar-refractivity contribution in [2.24, 2.45) is 0 Å². The topological polar surface area (TPSA) is 51.5 Å². The van der Waals surface area contributed by atoms with Gasteiger partial charge in [-0.15, -0.1) is 0 Å². The molecule has 0 aliphatic heterocycles. The van der Waals surface area contributed by atoms with Crippen molar-refractivity contribution in [1.82, 2.24) is 5.32 Å². The smallest absolute Gasteiger partial charge is 0.294 e. The van der Waals surface area contributed by atoms with Crippen LogP contribution in [0.15, 0.2) is 22.8 Å². The van der Waals surface area contributed by atoms with E-state index in [0.717, 1.165) is 0 Å². The molecule has 1 rings (SSSR count). The lowest BCUT2D eigenvalue weighted by molar-refractivity contribution is 0.0943. The fraction of sp³-hybridized carbons (Fsp3) is 0.143. The Kier molecular flexibility index (Phi) is 2.82. The number of ether oxygens (including phenoxy) is 1. The van der Waals surface area contributed by atoms with Crippen LogP contribution in [0.2, 0.25) is 0 Å². The molecule has 1 aromatic rings. The lowest BCUT2D eigenvalue weighted by Crippen LogP contribution is -2.29. The molecule has 5 heteroatoms. The monoisotopic (exact) mass is 185 g/mol. The van der Waals surface area contributed by atoms with Crippen LogP contribution < -0.4 is 5.32 Å². The lowest BCUT2D eigenvalue weighted by atomic mass is 10.4. The van der Waals surface area contributed by atoms with Crippen molar-refractivity contribution in [3.8, 4) is 0 Å². The van der Waals surface area contributed by atoms with Gasteiger partial charge in [-0.3, -0.25) is 10.1 Å². The number of hydrogen-bond donors (Lipinski definition) is 1. The van der Waals surface area contributed by atoms with Crippen molar-refractivity contribution in [3.63, 3.8) is 0 Å². The predicted molar refractivity (Wildman–Crippen MR) is 45.8 cm³/mol. The van der Waals surface area contributed by atoms with Crippen molar-refractivity contribution in [1.29, 1.82) is 0 Å². The third-order valence-corrected chi connectivity index (χ3v) is 1.41. The van der Waals surface area contributed by atoms with Crippen LogP contribution >= 0.6 is 12.2 Å². The Balaban J connectivity index is 2.56. The summed E-state index contributed by atoms with van der Waals surface area (Å²) in [4.78, 5) is 11.1. The first-order valence-electron chi connectivity index (χ1n) is 3.17. The van der Waals surface area contributed by atoms with Gasteiger partial charge in [0, 0.05) is 0 Å². The zero-order valence-corrected chi connectivity index (χ0v) is 7.18. The summed E-state index contributed by atoms with van der Waals surface area (Å²) in [5, 5.41) is 2.33. The van der Waals surface area contributed by atoms with E-state index in [1.54, 1.807) is 6.07 Å². The van der Waals surface area contributed by atoms with Crippen molar-refractivity contribution in [2.45, 2.75) is 0 Å². The van der Waals surface area contributed by atoms with Gasteiger partial charge in [-0.1, -0.05) is 0 Å². The van der Waals surface area contributed by atoms with Gasteiger partial charge in [-0.25, -0.2) is 0 Å². The number of furan rings is 1. The van der Waals surface area contributed by atoms with Gasteiger partial charge in [-0.2, -0.15) is 0 Å². The summed E-state index contributed by atoms with van der Waals surface area (Å²) in [6.45, 7) is 0. The van der Waals surface area contributed by atoms with E-state index in [1.807, 2.05) is 0 Å². The number of carbonyl (C=O) groups excluding carboxylic acids is 1. The van der Waals surface area contributed by atoms with Gasteiger partial charge < -0.3 is 9.15 Å². The number of nitrogens with one attached hydrogen (secondary N) is 1. The number of hydrogen-bond acceptors (Lipinski definition) is 4. The summed E-state index contributed by atoms with van der Waals surface area (Å²) in [6, 6.07) is 3.15. The maximum atomic E-state index is 11.1. The zero-order valence-electron chi connectivity index (χ0n) is 6.37. The normalized spacial score (nSPS) is 9.08. The van der Waals surface area contributed by atoms with Gasteiger partial charge in [-0.05, 0) is 24.4 Å². The summed E-state index contributed by atoms with van der Waals surface area (Å²) < 4.78 is 9.39. The molecule has 12 heavy (non-hydrogen) atoms. The highest BCUT2D eigenvalue weighted by molar-refractivity contribution is 7.80. The second kappa shape index (κ2) is 3.87. The fourth-order valence-corrected chi connectivity index (χ4v) is 0.706. The van der Waals surface area contributed by atoms with E-state index >= 15 is 0 Å². The molecule has 0 aliphatic rings. The van der Waals surface area contributed by atoms with Crippen LogP contribution in [0.5, 0.6) is 0 Å². The second-order valence-corrected chi connectivity index (χ2v) is 2.29. The summed E-state index contributed by atoms with van der Waals surface area (Å²) in [6.07, 6.45) is 1.41. The minimum Gasteiger partial charge on any atom is -0.474 e. The first-order chi connectivity index (χ1) is 5.74. The Morgan fingerprint density at radius 2 is 2.50 bits per heavy atom. The van der Waals surface area contributed by atoms with Crippen molar-refractivity contribution < 1.29 is 13.9 Å². The molecule has 0 saturated carbocycles. The van der Waals surface area contributed by atoms with E-state index in [-0.39, 0.29) is 10.9 Å². The number of rotatable bonds is 1. The van der Waals surface area contributed by atoms with Gasteiger partial charge in [0.25, 0.3) is 11.1 Å². The van der Waals surface area contributed by atoms with Crippen LogP contribution in [0.4, 0.5) is 0 Å². The van der Waals surface area contributed by atoms with E-state index in [9.17, 15) is 4.79 Å². The SMILES string of the molecule is COC(=S)NC(=O)c1ccco1. The molecule has 1 heterocycles. The highest BCUT2D eigenvalue weighted by Gasteiger charge is 2.09. The van der Waals surface area contributed by atoms with Gasteiger partial charge in [0.2, 0.25) is 0 Å². The van der Waals surface area contributed by atoms with Gasteiger partial charge in [0.1, 0.15) is 0 Å². The van der Waals surface area contributed by atoms with Gasteiger partial charge >= 0.3 is 0 Å². The third kappa shape index (κ3) is 2.06.